The Balaban J connectivity index is 1.46. The van der Waals surface area contributed by atoms with Crippen LogP contribution in [0, 0.1) is 6.92 Å². The highest BCUT2D eigenvalue weighted by Gasteiger charge is 2.24. The molecule has 2 fully saturated rings. The number of piperazine rings is 1. The highest BCUT2D eigenvalue weighted by atomic mass is 16.5. The third kappa shape index (κ3) is 6.11. The van der Waals surface area contributed by atoms with Crippen molar-refractivity contribution in [2.75, 3.05) is 49.6 Å². The molecule has 2 aliphatic rings. The maximum absolute atomic E-state index is 12.5. The fourth-order valence-corrected chi connectivity index (χ4v) is 5.27. The number of aryl methyl sites for hydroxylation is 1. The molecule has 0 atom stereocenters. The Morgan fingerprint density at radius 1 is 1.08 bits per heavy atom. The molecule has 0 aliphatic carbocycles. The van der Waals surface area contributed by atoms with Crippen LogP contribution < -0.4 is 20.3 Å². The predicted molar refractivity (Wildman–Crippen MR) is 152 cm³/mol. The number of urea groups is 1. The molecule has 3 N–H and O–H groups in total. The summed E-state index contributed by atoms with van der Waals surface area (Å²) in [7, 11) is 0. The van der Waals surface area contributed by atoms with E-state index in [9.17, 15) is 9.59 Å². The number of hydrogen-bond acceptors (Lipinski definition) is 6. The number of benzene rings is 2. The van der Waals surface area contributed by atoms with E-state index >= 15 is 0 Å². The Morgan fingerprint density at radius 3 is 2.51 bits per heavy atom. The van der Waals surface area contributed by atoms with E-state index in [0.717, 1.165) is 57.7 Å². The zero-order valence-electron chi connectivity index (χ0n) is 23.2. The minimum absolute atomic E-state index is 0.0410. The van der Waals surface area contributed by atoms with E-state index < -0.39 is 0 Å². The lowest BCUT2D eigenvalue weighted by atomic mass is 10.0. The largest absolute Gasteiger partial charge is 0.489 e. The van der Waals surface area contributed by atoms with Crippen molar-refractivity contribution in [3.63, 3.8) is 0 Å². The Labute approximate surface area is 229 Å². The smallest absolute Gasteiger partial charge is 0.317 e. The first kappa shape index (κ1) is 26.8. The van der Waals surface area contributed by atoms with Gasteiger partial charge < -0.3 is 29.9 Å². The number of ether oxygens (including phenoxy) is 2. The van der Waals surface area contributed by atoms with Crippen molar-refractivity contribution in [2.45, 2.75) is 52.7 Å². The number of rotatable bonds is 6. The quantitative estimate of drug-likeness (QED) is 0.435. The maximum Gasteiger partial charge on any atom is 0.317 e. The van der Waals surface area contributed by atoms with E-state index in [1.807, 2.05) is 37.8 Å². The van der Waals surface area contributed by atoms with Gasteiger partial charge in [0, 0.05) is 52.0 Å². The molecule has 208 valence electrons. The molecule has 2 saturated heterocycles. The number of aromatic amines is 1. The second-order valence-electron chi connectivity index (χ2n) is 10.6. The number of aromatic nitrogens is 2. The second-order valence-corrected chi connectivity index (χ2v) is 10.6. The van der Waals surface area contributed by atoms with Gasteiger partial charge >= 0.3 is 6.03 Å². The first-order valence-electron chi connectivity index (χ1n) is 13.7. The molecule has 39 heavy (non-hydrogen) atoms. The van der Waals surface area contributed by atoms with Crippen molar-refractivity contribution in [1.82, 2.24) is 20.4 Å². The predicted octanol–water partition coefficient (Wildman–Crippen LogP) is 4.29. The summed E-state index contributed by atoms with van der Waals surface area (Å²) in [5.74, 6) is 0.693. The zero-order valence-corrected chi connectivity index (χ0v) is 23.2. The topological polar surface area (TPSA) is 112 Å². The number of nitrogens with zero attached hydrogens (tertiary/aromatic N) is 3. The van der Waals surface area contributed by atoms with E-state index in [1.165, 1.54) is 6.92 Å². The van der Waals surface area contributed by atoms with Crippen molar-refractivity contribution < 1.29 is 19.1 Å². The lowest BCUT2D eigenvalue weighted by molar-refractivity contribution is -0.114. The lowest BCUT2D eigenvalue weighted by Crippen LogP contribution is -2.53. The number of fused-ring (bicyclic) bond motifs is 1. The monoisotopic (exact) mass is 534 g/mol. The van der Waals surface area contributed by atoms with E-state index in [2.05, 4.69) is 43.9 Å². The Kier molecular flexibility index (Phi) is 7.92. The van der Waals surface area contributed by atoms with E-state index in [-0.39, 0.29) is 24.1 Å². The Morgan fingerprint density at radius 2 is 1.82 bits per heavy atom. The molecule has 2 aromatic carbocycles. The van der Waals surface area contributed by atoms with Gasteiger partial charge in [0.05, 0.1) is 41.2 Å². The molecule has 0 spiro atoms. The van der Waals surface area contributed by atoms with Crippen LogP contribution in [0.1, 0.15) is 39.3 Å². The van der Waals surface area contributed by atoms with Gasteiger partial charge in [0.1, 0.15) is 11.9 Å². The number of carbonyl (C=O) groups is 2. The summed E-state index contributed by atoms with van der Waals surface area (Å²) in [6, 6.07) is 10.3. The number of carbonyl (C=O) groups excluding carboxylic acids is 2. The summed E-state index contributed by atoms with van der Waals surface area (Å²) in [6.07, 6.45) is 1.83. The average molecular weight is 535 g/mol. The molecule has 0 radical (unpaired) electrons. The molecule has 3 amide bonds. The van der Waals surface area contributed by atoms with E-state index in [4.69, 9.17) is 9.47 Å². The normalized spacial score (nSPS) is 16.5. The van der Waals surface area contributed by atoms with Crippen molar-refractivity contribution >= 4 is 34.2 Å². The Bertz CT molecular complexity index is 1340. The maximum atomic E-state index is 12.5. The molecule has 10 heteroatoms. The third-order valence-electron chi connectivity index (χ3n) is 7.23. The Hall–Kier alpha value is -3.79. The third-order valence-corrected chi connectivity index (χ3v) is 7.23. The van der Waals surface area contributed by atoms with E-state index in [1.54, 1.807) is 0 Å². The summed E-state index contributed by atoms with van der Waals surface area (Å²) >= 11 is 0. The van der Waals surface area contributed by atoms with Gasteiger partial charge in [0.2, 0.25) is 5.91 Å². The number of hydrogen-bond donors (Lipinski definition) is 3. The first-order valence-corrected chi connectivity index (χ1v) is 13.7. The van der Waals surface area contributed by atoms with Crippen LogP contribution in [-0.2, 0) is 9.53 Å². The van der Waals surface area contributed by atoms with Crippen LogP contribution in [-0.4, -0.2) is 78.6 Å². The van der Waals surface area contributed by atoms with Crippen molar-refractivity contribution in [2.24, 2.45) is 0 Å². The summed E-state index contributed by atoms with van der Waals surface area (Å²) < 4.78 is 12.0. The van der Waals surface area contributed by atoms with Crippen molar-refractivity contribution in [1.29, 1.82) is 0 Å². The second kappa shape index (κ2) is 11.5. The van der Waals surface area contributed by atoms with Gasteiger partial charge in [-0.1, -0.05) is 6.07 Å². The molecule has 10 nitrogen and oxygen atoms in total. The first-order chi connectivity index (χ1) is 18.8. The summed E-state index contributed by atoms with van der Waals surface area (Å²) in [4.78, 5) is 28.6. The molecule has 2 aliphatic heterocycles. The van der Waals surface area contributed by atoms with Crippen LogP contribution in [0.4, 0.5) is 16.2 Å². The molecular formula is C29H38N6O4. The summed E-state index contributed by atoms with van der Waals surface area (Å²) in [6.45, 7) is 11.4. The highest BCUT2D eigenvalue weighted by Crippen LogP contribution is 2.38. The van der Waals surface area contributed by atoms with Crippen molar-refractivity contribution in [3.05, 3.63) is 36.0 Å². The van der Waals surface area contributed by atoms with Crippen LogP contribution >= 0.6 is 0 Å². The van der Waals surface area contributed by atoms with Crippen LogP contribution in [0.3, 0.4) is 0 Å². The molecule has 5 rings (SSSR count). The van der Waals surface area contributed by atoms with E-state index in [0.29, 0.717) is 39.4 Å². The molecule has 0 saturated carbocycles. The van der Waals surface area contributed by atoms with Gasteiger partial charge in [-0.15, -0.1) is 0 Å². The SMILES string of the molecule is CC(=O)Nc1ccc(-c2cc(OC3CCOCC3)c3c(C)n[nH]c3c2)cc1N1CCN(C(=O)NC(C)C)CC1. The number of anilines is 2. The molecule has 0 unspecified atom stereocenters. The highest BCUT2D eigenvalue weighted by molar-refractivity contribution is 5.96. The van der Waals surface area contributed by atoms with Gasteiger partial charge in [0.15, 0.2) is 0 Å². The van der Waals surface area contributed by atoms with Crippen LogP contribution in [0.2, 0.25) is 0 Å². The summed E-state index contributed by atoms with van der Waals surface area (Å²) in [5.41, 5.74) is 5.51. The van der Waals surface area contributed by atoms with Gasteiger partial charge in [-0.25, -0.2) is 4.79 Å². The van der Waals surface area contributed by atoms with Gasteiger partial charge in [0.25, 0.3) is 0 Å². The van der Waals surface area contributed by atoms with Crippen LogP contribution in [0.15, 0.2) is 30.3 Å². The fourth-order valence-electron chi connectivity index (χ4n) is 5.27. The molecule has 0 bridgehead atoms. The minimum Gasteiger partial charge on any atom is -0.489 e. The zero-order chi connectivity index (χ0) is 27.5. The van der Waals surface area contributed by atoms with Gasteiger partial charge in [-0.05, 0) is 56.2 Å². The number of nitrogens with one attached hydrogen (secondary N) is 3. The van der Waals surface area contributed by atoms with Crippen LogP contribution in [0.5, 0.6) is 5.75 Å². The van der Waals surface area contributed by atoms with Gasteiger partial charge in [-0.2, -0.15) is 5.10 Å². The minimum atomic E-state index is -0.125. The molecule has 3 heterocycles. The average Bonchev–Trinajstić information content (AvgIpc) is 3.29. The molecule has 1 aromatic heterocycles. The number of amides is 3. The number of H-pyrrole nitrogens is 1. The summed E-state index contributed by atoms with van der Waals surface area (Å²) in [5, 5.41) is 14.5. The standard InChI is InChI=1S/C29H38N6O4/c1-18(2)30-29(37)35-11-9-34(10-12-35)26-16-21(5-6-24(26)31-20(4)36)22-15-25-28(19(3)32-33-25)27(17-22)39-23-7-13-38-14-8-23/h5-6,15-18,23H,7-14H2,1-4H3,(H,30,37)(H,31,36)(H,32,33). The van der Waals surface area contributed by atoms with Crippen molar-refractivity contribution in [3.8, 4) is 16.9 Å². The fraction of sp³-hybridized carbons (Fsp3) is 0.483. The van der Waals surface area contributed by atoms with Gasteiger partial charge in [-0.3, -0.25) is 9.89 Å². The van der Waals surface area contributed by atoms with Crippen LogP contribution in [0.25, 0.3) is 22.0 Å². The molecular weight excluding hydrogens is 496 g/mol. The lowest BCUT2D eigenvalue weighted by Gasteiger charge is -2.37. The molecule has 3 aromatic rings.